The zero-order chi connectivity index (χ0) is 23.1. The first kappa shape index (κ1) is 24.2. The predicted molar refractivity (Wildman–Crippen MR) is 115 cm³/mol. The number of rotatable bonds is 8. The van der Waals surface area contributed by atoms with Gasteiger partial charge in [-0.1, -0.05) is 17.7 Å². The maximum absolute atomic E-state index is 13.2. The van der Waals surface area contributed by atoms with Crippen LogP contribution in [0, 0.1) is 0 Å². The van der Waals surface area contributed by atoms with Crippen LogP contribution in [0.15, 0.2) is 36.4 Å². The van der Waals surface area contributed by atoms with E-state index in [0.717, 1.165) is 25.2 Å². The fraction of sp³-hybridized carbons (Fsp3) is 0.409. The molecular formula is C22H24ClF3N2O4. The van der Waals surface area contributed by atoms with Crippen LogP contribution in [0.3, 0.4) is 0 Å². The number of amides is 1. The summed E-state index contributed by atoms with van der Waals surface area (Å²) in [6, 6.07) is 8.11. The molecule has 0 aromatic heterocycles. The summed E-state index contributed by atoms with van der Waals surface area (Å²) in [6.07, 6.45) is -4.64. The van der Waals surface area contributed by atoms with Gasteiger partial charge in [0.25, 0.3) is 5.91 Å². The Hall–Kier alpha value is -2.49. The minimum atomic E-state index is -4.64. The Morgan fingerprint density at radius 3 is 2.50 bits per heavy atom. The van der Waals surface area contributed by atoms with Crippen molar-refractivity contribution in [3.63, 3.8) is 0 Å². The van der Waals surface area contributed by atoms with Crippen LogP contribution in [0.25, 0.3) is 0 Å². The topological polar surface area (TPSA) is 60.0 Å². The highest BCUT2D eigenvalue weighted by atomic mass is 35.5. The number of alkyl halides is 3. The van der Waals surface area contributed by atoms with E-state index in [1.54, 1.807) is 25.1 Å². The van der Waals surface area contributed by atoms with Gasteiger partial charge in [-0.15, -0.1) is 0 Å². The largest absolute Gasteiger partial charge is 0.493 e. The minimum Gasteiger partial charge on any atom is -0.493 e. The summed E-state index contributed by atoms with van der Waals surface area (Å²) in [6.45, 7) is 5.97. The molecule has 2 aromatic carbocycles. The number of carbonyl (C=O) groups is 1. The molecule has 32 heavy (non-hydrogen) atoms. The standard InChI is InChI=1S/C22H24ClF3N2O4/c1-2-31-18-4-3-5-19(32-13-10-28-8-11-30-12-9-28)20(18)21(29)27-15-6-7-17(23)16(14-15)22(24,25)26/h3-7,14H,2,8-13H2,1H3,(H,27,29). The number of morpholine rings is 1. The number of nitrogens with one attached hydrogen (secondary N) is 1. The van der Waals surface area contributed by atoms with Crippen molar-refractivity contribution in [1.82, 2.24) is 4.90 Å². The number of halogens is 4. The molecule has 1 heterocycles. The highest BCUT2D eigenvalue weighted by Gasteiger charge is 2.33. The summed E-state index contributed by atoms with van der Waals surface area (Å²) < 4.78 is 56.2. The van der Waals surface area contributed by atoms with Gasteiger partial charge in [0.05, 0.1) is 30.4 Å². The fourth-order valence-electron chi connectivity index (χ4n) is 3.25. The van der Waals surface area contributed by atoms with E-state index in [0.29, 0.717) is 33.0 Å². The number of nitrogens with zero attached hydrogens (tertiary/aromatic N) is 1. The second-order valence-corrected chi connectivity index (χ2v) is 7.42. The Morgan fingerprint density at radius 1 is 1.16 bits per heavy atom. The van der Waals surface area contributed by atoms with E-state index in [-0.39, 0.29) is 22.7 Å². The number of carbonyl (C=O) groups excluding carboxylic acids is 1. The normalized spacial score (nSPS) is 14.8. The van der Waals surface area contributed by atoms with Crippen LogP contribution in [0.1, 0.15) is 22.8 Å². The lowest BCUT2D eigenvalue weighted by atomic mass is 10.1. The second kappa shape index (κ2) is 10.9. The molecule has 2 aromatic rings. The lowest BCUT2D eigenvalue weighted by molar-refractivity contribution is -0.137. The van der Waals surface area contributed by atoms with Crippen molar-refractivity contribution in [2.45, 2.75) is 13.1 Å². The van der Waals surface area contributed by atoms with Gasteiger partial charge in [-0.2, -0.15) is 13.2 Å². The molecule has 0 atom stereocenters. The van der Waals surface area contributed by atoms with E-state index in [1.165, 1.54) is 6.07 Å². The Kier molecular flexibility index (Phi) is 8.22. The third kappa shape index (κ3) is 6.27. The molecule has 0 spiro atoms. The second-order valence-electron chi connectivity index (χ2n) is 7.01. The van der Waals surface area contributed by atoms with Crippen molar-refractivity contribution in [2.24, 2.45) is 0 Å². The van der Waals surface area contributed by atoms with Gasteiger partial charge in [0.1, 0.15) is 23.7 Å². The highest BCUT2D eigenvalue weighted by Crippen LogP contribution is 2.37. The van der Waals surface area contributed by atoms with E-state index in [2.05, 4.69) is 10.2 Å². The fourth-order valence-corrected chi connectivity index (χ4v) is 3.48. The van der Waals surface area contributed by atoms with Crippen molar-refractivity contribution < 1.29 is 32.2 Å². The quantitative estimate of drug-likeness (QED) is 0.602. The molecule has 1 N–H and O–H groups in total. The van der Waals surface area contributed by atoms with Crippen LogP contribution < -0.4 is 14.8 Å². The molecular weight excluding hydrogens is 449 g/mol. The minimum absolute atomic E-state index is 0.0442. The smallest absolute Gasteiger partial charge is 0.417 e. The molecule has 0 bridgehead atoms. The van der Waals surface area contributed by atoms with Crippen LogP contribution >= 0.6 is 11.6 Å². The van der Waals surface area contributed by atoms with Crippen molar-refractivity contribution in [1.29, 1.82) is 0 Å². The van der Waals surface area contributed by atoms with Gasteiger partial charge in [0.2, 0.25) is 0 Å². The van der Waals surface area contributed by atoms with Gasteiger partial charge < -0.3 is 19.5 Å². The van der Waals surface area contributed by atoms with Crippen LogP contribution in [0.5, 0.6) is 11.5 Å². The predicted octanol–water partition coefficient (Wildman–Crippen LogP) is 4.72. The van der Waals surface area contributed by atoms with Gasteiger partial charge in [0, 0.05) is 25.3 Å². The van der Waals surface area contributed by atoms with Gasteiger partial charge in [-0.05, 0) is 37.3 Å². The monoisotopic (exact) mass is 472 g/mol. The number of hydrogen-bond acceptors (Lipinski definition) is 5. The number of hydrogen-bond donors (Lipinski definition) is 1. The molecule has 1 aliphatic heterocycles. The summed E-state index contributed by atoms with van der Waals surface area (Å²) in [4.78, 5) is 15.2. The van der Waals surface area contributed by atoms with E-state index < -0.39 is 22.7 Å². The summed E-state index contributed by atoms with van der Waals surface area (Å²) in [5, 5.41) is 2.05. The van der Waals surface area contributed by atoms with Crippen LogP contribution in [0.4, 0.5) is 18.9 Å². The van der Waals surface area contributed by atoms with Crippen LogP contribution in [-0.4, -0.2) is 56.9 Å². The third-order valence-electron chi connectivity index (χ3n) is 4.81. The van der Waals surface area contributed by atoms with E-state index in [4.69, 9.17) is 25.8 Å². The number of anilines is 1. The molecule has 1 amide bonds. The molecule has 3 rings (SSSR count). The summed E-state index contributed by atoms with van der Waals surface area (Å²) in [7, 11) is 0. The number of benzene rings is 2. The Bertz CT molecular complexity index is 934. The van der Waals surface area contributed by atoms with Gasteiger partial charge in [0.15, 0.2) is 0 Å². The lowest BCUT2D eigenvalue weighted by Crippen LogP contribution is -2.38. The third-order valence-corrected chi connectivity index (χ3v) is 5.14. The Morgan fingerprint density at radius 2 is 1.84 bits per heavy atom. The molecule has 10 heteroatoms. The van der Waals surface area contributed by atoms with Crippen LogP contribution in [0.2, 0.25) is 5.02 Å². The maximum atomic E-state index is 13.2. The SMILES string of the molecule is CCOc1cccc(OCCN2CCOCC2)c1C(=O)Nc1ccc(Cl)c(C(F)(F)F)c1. The van der Waals surface area contributed by atoms with Gasteiger partial charge in [-0.25, -0.2) is 0 Å². The Labute approximate surface area is 189 Å². The van der Waals surface area contributed by atoms with E-state index in [1.807, 2.05) is 0 Å². The first-order valence-corrected chi connectivity index (χ1v) is 10.5. The molecule has 174 valence electrons. The molecule has 1 fully saturated rings. The van der Waals surface area contributed by atoms with E-state index >= 15 is 0 Å². The molecule has 0 radical (unpaired) electrons. The highest BCUT2D eigenvalue weighted by molar-refractivity contribution is 6.31. The van der Waals surface area contributed by atoms with Crippen LogP contribution in [-0.2, 0) is 10.9 Å². The molecule has 0 saturated carbocycles. The summed E-state index contributed by atoms with van der Waals surface area (Å²) in [5.74, 6) is -0.0866. The summed E-state index contributed by atoms with van der Waals surface area (Å²) in [5.41, 5.74) is -0.964. The Balaban J connectivity index is 1.79. The zero-order valence-corrected chi connectivity index (χ0v) is 18.3. The molecule has 6 nitrogen and oxygen atoms in total. The first-order valence-electron chi connectivity index (χ1n) is 10.2. The number of ether oxygens (including phenoxy) is 3. The van der Waals surface area contributed by atoms with Crippen molar-refractivity contribution in [2.75, 3.05) is 51.4 Å². The summed E-state index contributed by atoms with van der Waals surface area (Å²) >= 11 is 5.66. The zero-order valence-electron chi connectivity index (χ0n) is 17.5. The van der Waals surface area contributed by atoms with Crippen molar-refractivity contribution in [3.8, 4) is 11.5 Å². The maximum Gasteiger partial charge on any atom is 0.417 e. The van der Waals surface area contributed by atoms with Crippen molar-refractivity contribution >= 4 is 23.2 Å². The first-order chi connectivity index (χ1) is 15.3. The molecule has 1 saturated heterocycles. The lowest BCUT2D eigenvalue weighted by Gasteiger charge is -2.26. The molecule has 0 aliphatic carbocycles. The van der Waals surface area contributed by atoms with Crippen molar-refractivity contribution in [3.05, 3.63) is 52.5 Å². The average molecular weight is 473 g/mol. The molecule has 0 unspecified atom stereocenters. The molecule has 1 aliphatic rings. The average Bonchev–Trinajstić information content (AvgIpc) is 2.75. The van der Waals surface area contributed by atoms with E-state index in [9.17, 15) is 18.0 Å². The van der Waals surface area contributed by atoms with Gasteiger partial charge in [-0.3, -0.25) is 9.69 Å². The van der Waals surface area contributed by atoms with Gasteiger partial charge >= 0.3 is 6.18 Å².